The number of nitrogens with zero attached hydrogens (tertiary/aromatic N) is 2. The first-order chi connectivity index (χ1) is 15.0. The van der Waals surface area contributed by atoms with Gasteiger partial charge in [0.15, 0.2) is 0 Å². The van der Waals surface area contributed by atoms with E-state index in [4.69, 9.17) is 4.74 Å². The summed E-state index contributed by atoms with van der Waals surface area (Å²) >= 11 is 0. The van der Waals surface area contributed by atoms with Crippen LogP contribution in [-0.4, -0.2) is 38.9 Å². The highest BCUT2D eigenvalue weighted by atomic mass is 16.5. The third-order valence-electron chi connectivity index (χ3n) is 5.68. The van der Waals surface area contributed by atoms with Crippen LogP contribution < -0.4 is 10.1 Å². The molecule has 7 nitrogen and oxygen atoms in total. The first kappa shape index (κ1) is 20.9. The number of pyridine rings is 1. The summed E-state index contributed by atoms with van der Waals surface area (Å²) in [4.78, 5) is 20.4. The number of aromatic nitrogens is 3. The Morgan fingerprint density at radius 2 is 2.16 bits per heavy atom. The molecular formula is C24H28N4O3. The molecule has 162 valence electrons. The van der Waals surface area contributed by atoms with Crippen molar-refractivity contribution in [3.63, 3.8) is 0 Å². The van der Waals surface area contributed by atoms with Crippen LogP contribution in [0.3, 0.4) is 0 Å². The molecule has 4 rings (SSSR count). The van der Waals surface area contributed by atoms with E-state index in [9.17, 15) is 9.90 Å². The number of aliphatic hydroxyl groups is 1. The minimum Gasteiger partial charge on any atom is -0.497 e. The third-order valence-corrected chi connectivity index (χ3v) is 5.68. The molecule has 3 aromatic heterocycles. The molecule has 0 saturated heterocycles. The zero-order chi connectivity index (χ0) is 22.0. The Bertz CT molecular complexity index is 1180. The van der Waals surface area contributed by atoms with Gasteiger partial charge in [-0.05, 0) is 42.8 Å². The van der Waals surface area contributed by atoms with Crippen molar-refractivity contribution in [2.24, 2.45) is 5.92 Å². The van der Waals surface area contributed by atoms with Crippen LogP contribution in [0.1, 0.15) is 26.7 Å². The van der Waals surface area contributed by atoms with E-state index in [1.807, 2.05) is 48.0 Å². The van der Waals surface area contributed by atoms with Crippen molar-refractivity contribution in [2.75, 3.05) is 7.11 Å². The topological polar surface area (TPSA) is 92.2 Å². The maximum atomic E-state index is 12.7. The molecule has 1 amide bonds. The zero-order valence-electron chi connectivity index (χ0n) is 18.1. The molecule has 4 aromatic rings. The Kier molecular flexibility index (Phi) is 5.95. The molecule has 31 heavy (non-hydrogen) atoms. The van der Waals surface area contributed by atoms with E-state index in [0.29, 0.717) is 0 Å². The number of hydrogen-bond acceptors (Lipinski definition) is 4. The molecule has 0 radical (unpaired) electrons. The molecule has 0 bridgehead atoms. The van der Waals surface area contributed by atoms with E-state index in [1.165, 1.54) is 0 Å². The quantitative estimate of drug-likeness (QED) is 0.375. The molecule has 1 aromatic carbocycles. The summed E-state index contributed by atoms with van der Waals surface area (Å²) in [6, 6.07) is 11.8. The second-order valence-electron chi connectivity index (χ2n) is 7.96. The van der Waals surface area contributed by atoms with E-state index in [-0.39, 0.29) is 18.4 Å². The average molecular weight is 421 g/mol. The van der Waals surface area contributed by atoms with Gasteiger partial charge in [-0.15, -0.1) is 0 Å². The summed E-state index contributed by atoms with van der Waals surface area (Å²) in [6.45, 7) is 4.11. The lowest BCUT2D eigenvalue weighted by molar-refractivity contribution is -0.125. The van der Waals surface area contributed by atoms with Crippen molar-refractivity contribution in [1.82, 2.24) is 19.9 Å². The summed E-state index contributed by atoms with van der Waals surface area (Å²) in [5.74, 6) is 0.524. The van der Waals surface area contributed by atoms with Gasteiger partial charge >= 0.3 is 0 Å². The molecule has 0 aliphatic heterocycles. The van der Waals surface area contributed by atoms with Gasteiger partial charge in [0.05, 0.1) is 7.11 Å². The highest BCUT2D eigenvalue weighted by molar-refractivity contribution is 5.99. The Hall–Kier alpha value is -3.32. The molecule has 3 heterocycles. The van der Waals surface area contributed by atoms with E-state index in [0.717, 1.165) is 51.8 Å². The number of H-pyrrole nitrogens is 1. The number of aliphatic hydroxyl groups excluding tert-OH is 1. The van der Waals surface area contributed by atoms with Gasteiger partial charge in [0.1, 0.15) is 24.2 Å². The molecule has 0 aliphatic rings. The smallest absolute Gasteiger partial charge is 0.241 e. The van der Waals surface area contributed by atoms with E-state index >= 15 is 0 Å². The average Bonchev–Trinajstić information content (AvgIpc) is 3.34. The standard InChI is InChI=1S/C24H28N4O3/c1-4-6-15(2)24(30)27-22(29)14-28-13-19(18-12-17(31-3)8-9-21(18)28)20-11-16-7-5-10-25-23(16)26-20/h5,7-13,15,24,30H,4,6,14H2,1-3H3,(H,25,26)(H,27,29). The monoisotopic (exact) mass is 420 g/mol. The summed E-state index contributed by atoms with van der Waals surface area (Å²) in [6.07, 6.45) is 4.67. The molecule has 2 atom stereocenters. The van der Waals surface area contributed by atoms with E-state index in [2.05, 4.69) is 28.3 Å². The fourth-order valence-corrected chi connectivity index (χ4v) is 3.97. The Labute approximate surface area is 181 Å². The number of amides is 1. The molecule has 7 heteroatoms. The van der Waals surface area contributed by atoms with Crippen LogP contribution in [0.15, 0.2) is 48.8 Å². The molecule has 0 fully saturated rings. The van der Waals surface area contributed by atoms with Crippen molar-refractivity contribution >= 4 is 27.8 Å². The number of hydrogen-bond donors (Lipinski definition) is 3. The van der Waals surface area contributed by atoms with Gasteiger partial charge in [-0.3, -0.25) is 4.79 Å². The van der Waals surface area contributed by atoms with Crippen LogP contribution in [-0.2, 0) is 11.3 Å². The summed E-state index contributed by atoms with van der Waals surface area (Å²) in [5, 5.41) is 15.0. The Morgan fingerprint density at radius 3 is 2.90 bits per heavy atom. The number of methoxy groups -OCH3 is 1. The third kappa shape index (κ3) is 4.27. The number of benzene rings is 1. The van der Waals surface area contributed by atoms with Crippen LogP contribution in [0.5, 0.6) is 5.75 Å². The van der Waals surface area contributed by atoms with E-state index in [1.54, 1.807) is 13.3 Å². The number of carbonyl (C=O) groups is 1. The van der Waals surface area contributed by atoms with Gasteiger partial charge in [0.2, 0.25) is 5.91 Å². The Balaban J connectivity index is 1.69. The largest absolute Gasteiger partial charge is 0.497 e. The summed E-state index contributed by atoms with van der Waals surface area (Å²) in [5.41, 5.74) is 3.60. The number of fused-ring (bicyclic) bond motifs is 2. The molecule has 2 unspecified atom stereocenters. The predicted molar refractivity (Wildman–Crippen MR) is 122 cm³/mol. The van der Waals surface area contributed by atoms with Gasteiger partial charge in [0.25, 0.3) is 0 Å². The lowest BCUT2D eigenvalue weighted by Gasteiger charge is -2.19. The minimum absolute atomic E-state index is 0.00836. The van der Waals surface area contributed by atoms with Crippen LogP contribution in [0.25, 0.3) is 33.2 Å². The van der Waals surface area contributed by atoms with Crippen molar-refractivity contribution in [3.8, 4) is 17.0 Å². The number of aromatic amines is 1. The fourth-order valence-electron chi connectivity index (χ4n) is 3.97. The van der Waals surface area contributed by atoms with E-state index < -0.39 is 6.23 Å². The summed E-state index contributed by atoms with van der Waals surface area (Å²) in [7, 11) is 1.64. The van der Waals surface area contributed by atoms with Gasteiger partial charge < -0.3 is 24.7 Å². The Morgan fingerprint density at radius 1 is 1.32 bits per heavy atom. The second kappa shape index (κ2) is 8.81. The number of ether oxygens (including phenoxy) is 1. The molecule has 0 saturated carbocycles. The van der Waals surface area contributed by atoms with Crippen LogP contribution in [0, 0.1) is 5.92 Å². The molecular weight excluding hydrogens is 392 g/mol. The van der Waals surface area contributed by atoms with Crippen LogP contribution in [0.4, 0.5) is 0 Å². The number of rotatable bonds is 8. The molecule has 0 aliphatic carbocycles. The lowest BCUT2D eigenvalue weighted by atomic mass is 10.0. The SMILES string of the molecule is CCCC(C)C(O)NC(=O)Cn1cc(-c2cc3cccnc3[nH]2)c2cc(OC)ccc21. The maximum Gasteiger partial charge on any atom is 0.241 e. The predicted octanol–water partition coefficient (Wildman–Crippen LogP) is 4.06. The van der Waals surface area contributed by atoms with Crippen molar-refractivity contribution in [1.29, 1.82) is 0 Å². The number of carbonyl (C=O) groups excluding carboxylic acids is 1. The highest BCUT2D eigenvalue weighted by Crippen LogP contribution is 2.34. The lowest BCUT2D eigenvalue weighted by Crippen LogP contribution is -2.40. The summed E-state index contributed by atoms with van der Waals surface area (Å²) < 4.78 is 7.32. The number of nitrogens with one attached hydrogen (secondary N) is 2. The van der Waals surface area contributed by atoms with Crippen molar-refractivity contribution < 1.29 is 14.6 Å². The van der Waals surface area contributed by atoms with Crippen molar-refractivity contribution in [2.45, 2.75) is 39.5 Å². The fraction of sp³-hybridized carbons (Fsp3) is 0.333. The minimum atomic E-state index is -0.853. The van der Waals surface area contributed by atoms with Crippen molar-refractivity contribution in [3.05, 3.63) is 48.8 Å². The molecule has 3 N–H and O–H groups in total. The second-order valence-corrected chi connectivity index (χ2v) is 7.96. The van der Waals surface area contributed by atoms with Gasteiger partial charge in [-0.2, -0.15) is 0 Å². The first-order valence-corrected chi connectivity index (χ1v) is 10.6. The van der Waals surface area contributed by atoms with Gasteiger partial charge in [0, 0.05) is 45.9 Å². The normalized spacial score (nSPS) is 13.4. The van der Waals surface area contributed by atoms with Crippen LogP contribution >= 0.6 is 0 Å². The maximum absolute atomic E-state index is 12.7. The van der Waals surface area contributed by atoms with Gasteiger partial charge in [-0.25, -0.2) is 4.98 Å². The first-order valence-electron chi connectivity index (χ1n) is 10.6. The molecule has 0 spiro atoms. The van der Waals surface area contributed by atoms with Gasteiger partial charge in [-0.1, -0.05) is 20.3 Å². The van der Waals surface area contributed by atoms with Crippen LogP contribution in [0.2, 0.25) is 0 Å². The highest BCUT2D eigenvalue weighted by Gasteiger charge is 2.19. The zero-order valence-corrected chi connectivity index (χ0v) is 18.1.